The summed E-state index contributed by atoms with van der Waals surface area (Å²) in [4.78, 5) is 12.4. The van der Waals surface area contributed by atoms with Crippen LogP contribution in [0, 0.1) is 22.7 Å². The van der Waals surface area contributed by atoms with Crippen LogP contribution in [0.5, 0.6) is 0 Å². The molecule has 0 aromatic rings. The van der Waals surface area contributed by atoms with E-state index >= 15 is 0 Å². The summed E-state index contributed by atoms with van der Waals surface area (Å²) in [5, 5.41) is 9.52. The molecule has 1 heterocycles. The minimum absolute atomic E-state index is 0.154. The Kier molecular flexibility index (Phi) is 3.08. The zero-order valence-electron chi connectivity index (χ0n) is 11.9. The van der Waals surface area contributed by atoms with Gasteiger partial charge in [-0.05, 0) is 38.0 Å². The number of ketones is 1. The van der Waals surface area contributed by atoms with Crippen LogP contribution in [0.1, 0.15) is 51.9 Å². The number of carbonyl (C=O) groups is 1. The first-order chi connectivity index (χ1) is 9.58. The molecule has 4 nitrogen and oxygen atoms in total. The summed E-state index contributed by atoms with van der Waals surface area (Å²) in [6.45, 7) is 2.23. The standard InChI is InChI=1S/C16H20N2O2/c1-10-5-7-16(8-6-10)11(9-17)15(18)20-13-4-2-3-12(19)14(13)16/h10H,2-8,18H2,1H3. The Morgan fingerprint density at radius 1 is 1.35 bits per heavy atom. The predicted octanol–water partition coefficient (Wildman–Crippen LogP) is 2.91. The largest absolute Gasteiger partial charge is 0.444 e. The van der Waals surface area contributed by atoms with Gasteiger partial charge in [-0.3, -0.25) is 4.79 Å². The average Bonchev–Trinajstić information content (AvgIpc) is 2.42. The van der Waals surface area contributed by atoms with E-state index < -0.39 is 5.41 Å². The van der Waals surface area contributed by atoms with Crippen LogP contribution in [0.4, 0.5) is 0 Å². The molecule has 1 saturated carbocycles. The van der Waals surface area contributed by atoms with E-state index in [1.54, 1.807) is 0 Å². The summed E-state index contributed by atoms with van der Waals surface area (Å²) < 4.78 is 5.61. The first-order valence-corrected chi connectivity index (χ1v) is 7.43. The zero-order valence-corrected chi connectivity index (χ0v) is 11.9. The third kappa shape index (κ3) is 1.76. The molecule has 1 aliphatic heterocycles. The lowest BCUT2D eigenvalue weighted by atomic mass is 9.60. The van der Waals surface area contributed by atoms with Crippen LogP contribution in [0.25, 0.3) is 0 Å². The minimum Gasteiger partial charge on any atom is -0.444 e. The van der Waals surface area contributed by atoms with Gasteiger partial charge < -0.3 is 10.5 Å². The van der Waals surface area contributed by atoms with Crippen LogP contribution >= 0.6 is 0 Å². The molecule has 2 aliphatic carbocycles. The van der Waals surface area contributed by atoms with Gasteiger partial charge in [0.1, 0.15) is 17.4 Å². The van der Waals surface area contributed by atoms with E-state index in [4.69, 9.17) is 10.5 Å². The molecule has 4 heteroatoms. The van der Waals surface area contributed by atoms with E-state index in [1.807, 2.05) is 0 Å². The molecule has 3 rings (SSSR count). The third-order valence-corrected chi connectivity index (χ3v) is 5.04. The molecule has 0 atom stereocenters. The van der Waals surface area contributed by atoms with Crippen molar-refractivity contribution in [2.75, 3.05) is 0 Å². The molecule has 1 fully saturated rings. The summed E-state index contributed by atoms with van der Waals surface area (Å²) in [5.74, 6) is 1.75. The van der Waals surface area contributed by atoms with E-state index in [0.29, 0.717) is 17.9 Å². The second-order valence-corrected chi connectivity index (χ2v) is 6.29. The maximum Gasteiger partial charge on any atom is 0.205 e. The number of allylic oxidation sites excluding steroid dienone is 3. The Morgan fingerprint density at radius 3 is 2.70 bits per heavy atom. The van der Waals surface area contributed by atoms with E-state index in [1.165, 1.54) is 0 Å². The minimum atomic E-state index is -0.462. The summed E-state index contributed by atoms with van der Waals surface area (Å²) in [7, 11) is 0. The third-order valence-electron chi connectivity index (χ3n) is 5.04. The molecule has 106 valence electrons. The molecule has 1 spiro atoms. The molecule has 0 unspecified atom stereocenters. The van der Waals surface area contributed by atoms with Crippen molar-refractivity contribution in [3.8, 4) is 6.07 Å². The highest BCUT2D eigenvalue weighted by atomic mass is 16.5. The van der Waals surface area contributed by atoms with Gasteiger partial charge >= 0.3 is 0 Å². The van der Waals surface area contributed by atoms with Gasteiger partial charge in [-0.2, -0.15) is 5.26 Å². The van der Waals surface area contributed by atoms with E-state index in [9.17, 15) is 10.1 Å². The number of nitrogens with zero attached hydrogens (tertiary/aromatic N) is 1. The Hall–Kier alpha value is -1.76. The molecule has 0 aromatic heterocycles. The lowest BCUT2D eigenvalue weighted by Crippen LogP contribution is -2.40. The molecule has 0 aromatic carbocycles. The van der Waals surface area contributed by atoms with Crippen LogP contribution in [-0.4, -0.2) is 5.78 Å². The van der Waals surface area contributed by atoms with Crippen LogP contribution in [0.2, 0.25) is 0 Å². The second kappa shape index (κ2) is 4.66. The van der Waals surface area contributed by atoms with E-state index in [0.717, 1.165) is 49.9 Å². The number of nitriles is 1. The molecule has 0 amide bonds. The molecule has 0 saturated heterocycles. The lowest BCUT2D eigenvalue weighted by Gasteiger charge is -2.44. The Labute approximate surface area is 119 Å². The van der Waals surface area contributed by atoms with Gasteiger partial charge in [-0.25, -0.2) is 0 Å². The normalized spacial score (nSPS) is 33.8. The van der Waals surface area contributed by atoms with Crippen molar-refractivity contribution in [1.29, 1.82) is 5.26 Å². The number of nitrogens with two attached hydrogens (primary N) is 1. The molecule has 0 radical (unpaired) electrons. The fourth-order valence-electron chi connectivity index (χ4n) is 3.91. The first kappa shape index (κ1) is 13.2. The number of rotatable bonds is 0. The predicted molar refractivity (Wildman–Crippen MR) is 73.9 cm³/mol. The Morgan fingerprint density at radius 2 is 2.05 bits per heavy atom. The number of hydrogen-bond donors (Lipinski definition) is 1. The number of Topliss-reactive ketones (excluding diaryl/α,β-unsaturated/α-hetero) is 1. The van der Waals surface area contributed by atoms with Crippen molar-refractivity contribution in [2.45, 2.75) is 51.9 Å². The van der Waals surface area contributed by atoms with E-state index in [2.05, 4.69) is 13.0 Å². The van der Waals surface area contributed by atoms with Crippen molar-refractivity contribution in [2.24, 2.45) is 17.1 Å². The number of ether oxygens (including phenoxy) is 1. The highest BCUT2D eigenvalue weighted by Crippen LogP contribution is 2.55. The number of carbonyl (C=O) groups excluding carboxylic acids is 1. The summed E-state index contributed by atoms with van der Waals surface area (Å²) >= 11 is 0. The van der Waals surface area contributed by atoms with Gasteiger partial charge in [0, 0.05) is 23.8 Å². The Bertz CT molecular complexity index is 558. The van der Waals surface area contributed by atoms with Gasteiger partial charge in [0.2, 0.25) is 5.88 Å². The van der Waals surface area contributed by atoms with Crippen molar-refractivity contribution in [3.63, 3.8) is 0 Å². The van der Waals surface area contributed by atoms with E-state index in [-0.39, 0.29) is 11.7 Å². The van der Waals surface area contributed by atoms with Crippen LogP contribution in [0.15, 0.2) is 22.8 Å². The first-order valence-electron chi connectivity index (χ1n) is 7.43. The van der Waals surface area contributed by atoms with Crippen LogP contribution < -0.4 is 5.73 Å². The summed E-state index contributed by atoms with van der Waals surface area (Å²) in [6.07, 6.45) is 5.89. The molecule has 3 aliphatic rings. The quantitative estimate of drug-likeness (QED) is 0.735. The zero-order chi connectivity index (χ0) is 14.3. The van der Waals surface area contributed by atoms with Gasteiger partial charge in [0.15, 0.2) is 5.78 Å². The topological polar surface area (TPSA) is 76.1 Å². The molecular formula is C16H20N2O2. The highest BCUT2D eigenvalue weighted by Gasteiger charge is 2.50. The van der Waals surface area contributed by atoms with Gasteiger partial charge in [-0.1, -0.05) is 6.92 Å². The molecule has 20 heavy (non-hydrogen) atoms. The van der Waals surface area contributed by atoms with Crippen molar-refractivity contribution in [3.05, 3.63) is 22.8 Å². The lowest BCUT2D eigenvalue weighted by molar-refractivity contribution is -0.118. The fourth-order valence-corrected chi connectivity index (χ4v) is 3.91. The van der Waals surface area contributed by atoms with Crippen LogP contribution in [0.3, 0.4) is 0 Å². The summed E-state index contributed by atoms with van der Waals surface area (Å²) in [6, 6.07) is 2.23. The molecular weight excluding hydrogens is 252 g/mol. The smallest absolute Gasteiger partial charge is 0.205 e. The second-order valence-electron chi connectivity index (χ2n) is 6.29. The number of hydrogen-bond acceptors (Lipinski definition) is 4. The summed E-state index contributed by atoms with van der Waals surface area (Å²) in [5.41, 5.74) is 6.76. The fraction of sp³-hybridized carbons (Fsp3) is 0.625. The van der Waals surface area contributed by atoms with Gasteiger partial charge in [0.25, 0.3) is 0 Å². The van der Waals surface area contributed by atoms with Gasteiger partial charge in [-0.15, -0.1) is 0 Å². The molecule has 2 N–H and O–H groups in total. The highest BCUT2D eigenvalue weighted by molar-refractivity contribution is 5.99. The average molecular weight is 272 g/mol. The van der Waals surface area contributed by atoms with Crippen molar-refractivity contribution >= 4 is 5.78 Å². The maximum atomic E-state index is 12.4. The SMILES string of the molecule is CC1CCC2(CC1)C(C#N)=C(N)OC1=C2C(=O)CCC1. The molecule has 0 bridgehead atoms. The maximum absolute atomic E-state index is 12.4. The van der Waals surface area contributed by atoms with Crippen molar-refractivity contribution < 1.29 is 9.53 Å². The van der Waals surface area contributed by atoms with Crippen molar-refractivity contribution in [1.82, 2.24) is 0 Å². The van der Waals surface area contributed by atoms with Gasteiger partial charge in [0.05, 0.1) is 0 Å². The Balaban J connectivity index is 2.13. The number of fused-ring (bicyclic) bond motifs is 1. The monoisotopic (exact) mass is 272 g/mol. The van der Waals surface area contributed by atoms with Crippen LogP contribution in [-0.2, 0) is 9.53 Å².